The molecule has 1 aromatic rings. The summed E-state index contributed by atoms with van der Waals surface area (Å²) in [4.78, 5) is 0. The molecule has 3 heteroatoms. The smallest absolute Gasteiger partial charge is 0.172 e. The average Bonchev–Trinajstić information content (AvgIpc) is 2.92. The maximum absolute atomic E-state index is 9.72. The van der Waals surface area contributed by atoms with Gasteiger partial charge >= 0.3 is 0 Å². The Kier molecular flexibility index (Phi) is 2.21. The normalized spacial score (nSPS) is 30.1. The number of hydrogen-bond donors (Lipinski definition) is 1. The number of hydrogen-bond acceptors (Lipinski definition) is 3. The summed E-state index contributed by atoms with van der Waals surface area (Å²) in [6.07, 6.45) is 0.676. The van der Waals surface area contributed by atoms with Crippen LogP contribution in [0.1, 0.15) is 17.9 Å². The predicted molar refractivity (Wildman–Crippen MR) is 52.3 cm³/mol. The fraction of sp³-hybridized carbons (Fsp3) is 0.455. The molecule has 0 saturated heterocycles. The van der Waals surface area contributed by atoms with Crippen molar-refractivity contribution in [3.05, 3.63) is 29.8 Å². The van der Waals surface area contributed by atoms with Crippen molar-refractivity contribution < 1.29 is 14.6 Å². The Balaban J connectivity index is 2.12. The lowest BCUT2D eigenvalue weighted by atomic mass is 10.1. The third kappa shape index (κ3) is 1.49. The molecule has 0 aliphatic heterocycles. The molecule has 0 heterocycles. The standard InChI is InChI=1S/C11H14O3/c1-13-9-5-3-8(4-6-9)10-7-11(10,12)14-2/h3-6,10,12H,7H2,1-2H3/t10-,11+/m1/s1. The van der Waals surface area contributed by atoms with E-state index in [2.05, 4.69) is 0 Å². The summed E-state index contributed by atoms with van der Waals surface area (Å²) in [5.41, 5.74) is 1.09. The van der Waals surface area contributed by atoms with Gasteiger partial charge in [0.2, 0.25) is 0 Å². The molecule has 0 unspecified atom stereocenters. The van der Waals surface area contributed by atoms with Crippen molar-refractivity contribution in [1.29, 1.82) is 0 Å². The van der Waals surface area contributed by atoms with E-state index < -0.39 is 5.79 Å². The van der Waals surface area contributed by atoms with Gasteiger partial charge in [0.05, 0.1) is 7.11 Å². The summed E-state index contributed by atoms with van der Waals surface area (Å²) in [7, 11) is 3.17. The van der Waals surface area contributed by atoms with Crippen LogP contribution in [-0.2, 0) is 4.74 Å². The van der Waals surface area contributed by atoms with Crippen molar-refractivity contribution in [3.63, 3.8) is 0 Å². The molecule has 76 valence electrons. The van der Waals surface area contributed by atoms with Crippen LogP contribution in [-0.4, -0.2) is 25.1 Å². The number of methoxy groups -OCH3 is 2. The van der Waals surface area contributed by atoms with Crippen molar-refractivity contribution in [2.24, 2.45) is 0 Å². The molecule has 0 aromatic heterocycles. The van der Waals surface area contributed by atoms with Gasteiger partial charge in [-0.05, 0) is 17.7 Å². The minimum atomic E-state index is -0.936. The first-order chi connectivity index (χ1) is 6.69. The molecule has 0 spiro atoms. The van der Waals surface area contributed by atoms with Crippen LogP contribution in [0, 0.1) is 0 Å². The van der Waals surface area contributed by atoms with Crippen LogP contribution in [0.15, 0.2) is 24.3 Å². The highest BCUT2D eigenvalue weighted by atomic mass is 16.6. The van der Waals surface area contributed by atoms with Crippen molar-refractivity contribution in [3.8, 4) is 5.75 Å². The Labute approximate surface area is 83.3 Å². The molecule has 1 aromatic carbocycles. The SMILES string of the molecule is COc1ccc([C@H]2C[C@]2(O)OC)cc1. The Morgan fingerprint density at radius 2 is 1.93 bits per heavy atom. The summed E-state index contributed by atoms with van der Waals surface area (Å²) in [5, 5.41) is 9.72. The van der Waals surface area contributed by atoms with Crippen LogP contribution in [0.4, 0.5) is 0 Å². The van der Waals surface area contributed by atoms with Gasteiger partial charge in [0.1, 0.15) is 5.75 Å². The predicted octanol–water partition coefficient (Wildman–Crippen LogP) is 1.52. The molecular formula is C11H14O3. The van der Waals surface area contributed by atoms with E-state index in [1.165, 1.54) is 7.11 Å². The van der Waals surface area contributed by atoms with Crippen LogP contribution in [0.3, 0.4) is 0 Å². The molecule has 1 aliphatic carbocycles. The summed E-state index contributed by atoms with van der Waals surface area (Å²) < 4.78 is 10.1. The Morgan fingerprint density at radius 3 is 2.36 bits per heavy atom. The third-order valence-corrected chi connectivity index (χ3v) is 2.75. The molecule has 14 heavy (non-hydrogen) atoms. The van der Waals surface area contributed by atoms with E-state index in [0.29, 0.717) is 6.42 Å². The number of benzene rings is 1. The average molecular weight is 194 g/mol. The largest absolute Gasteiger partial charge is 0.497 e. The molecule has 0 bridgehead atoms. The van der Waals surface area contributed by atoms with Gasteiger partial charge in [-0.3, -0.25) is 0 Å². The van der Waals surface area contributed by atoms with Gasteiger partial charge in [-0.1, -0.05) is 12.1 Å². The molecule has 0 radical (unpaired) electrons. The number of ether oxygens (including phenoxy) is 2. The fourth-order valence-electron chi connectivity index (χ4n) is 1.67. The first kappa shape index (κ1) is 9.49. The molecule has 1 N–H and O–H groups in total. The zero-order chi connectivity index (χ0) is 10.2. The lowest BCUT2D eigenvalue weighted by molar-refractivity contribution is -0.105. The Bertz CT molecular complexity index is 320. The first-order valence-electron chi connectivity index (χ1n) is 4.61. The quantitative estimate of drug-likeness (QED) is 0.741. The van der Waals surface area contributed by atoms with Crippen molar-refractivity contribution in [1.82, 2.24) is 0 Å². The second-order valence-electron chi connectivity index (χ2n) is 3.58. The van der Waals surface area contributed by atoms with Crippen molar-refractivity contribution >= 4 is 0 Å². The lowest BCUT2D eigenvalue weighted by Gasteiger charge is -2.08. The zero-order valence-electron chi connectivity index (χ0n) is 8.36. The molecule has 3 nitrogen and oxygen atoms in total. The lowest BCUT2D eigenvalue weighted by Crippen LogP contribution is -2.12. The molecule has 1 aliphatic rings. The van der Waals surface area contributed by atoms with Crippen LogP contribution < -0.4 is 4.74 Å². The monoisotopic (exact) mass is 194 g/mol. The van der Waals surface area contributed by atoms with Crippen LogP contribution in [0.25, 0.3) is 0 Å². The van der Waals surface area contributed by atoms with E-state index in [4.69, 9.17) is 9.47 Å². The van der Waals surface area contributed by atoms with Gasteiger partial charge in [0.25, 0.3) is 0 Å². The highest BCUT2D eigenvalue weighted by molar-refractivity contribution is 5.34. The fourth-order valence-corrected chi connectivity index (χ4v) is 1.67. The second kappa shape index (κ2) is 3.26. The van der Waals surface area contributed by atoms with E-state index in [-0.39, 0.29) is 5.92 Å². The maximum atomic E-state index is 9.72. The van der Waals surface area contributed by atoms with E-state index >= 15 is 0 Å². The number of aliphatic hydroxyl groups is 1. The van der Waals surface area contributed by atoms with E-state index in [1.54, 1.807) is 7.11 Å². The van der Waals surface area contributed by atoms with Crippen LogP contribution in [0.5, 0.6) is 5.75 Å². The van der Waals surface area contributed by atoms with Gasteiger partial charge in [-0.15, -0.1) is 0 Å². The summed E-state index contributed by atoms with van der Waals surface area (Å²) >= 11 is 0. The summed E-state index contributed by atoms with van der Waals surface area (Å²) in [5.74, 6) is 0.00275. The first-order valence-corrected chi connectivity index (χ1v) is 4.61. The number of rotatable bonds is 3. The van der Waals surface area contributed by atoms with Gasteiger partial charge < -0.3 is 14.6 Å². The topological polar surface area (TPSA) is 38.7 Å². The van der Waals surface area contributed by atoms with Gasteiger partial charge in [0.15, 0.2) is 5.79 Å². The maximum Gasteiger partial charge on any atom is 0.172 e. The van der Waals surface area contributed by atoms with Gasteiger partial charge in [-0.2, -0.15) is 0 Å². The van der Waals surface area contributed by atoms with Crippen molar-refractivity contribution in [2.45, 2.75) is 18.1 Å². The van der Waals surface area contributed by atoms with E-state index in [1.807, 2.05) is 24.3 Å². The molecule has 2 atom stereocenters. The zero-order valence-corrected chi connectivity index (χ0v) is 8.36. The van der Waals surface area contributed by atoms with Crippen LogP contribution >= 0.6 is 0 Å². The molecule has 1 saturated carbocycles. The van der Waals surface area contributed by atoms with E-state index in [9.17, 15) is 5.11 Å². The highest BCUT2D eigenvalue weighted by Crippen LogP contribution is 2.51. The summed E-state index contributed by atoms with van der Waals surface area (Å²) in [6, 6.07) is 7.70. The van der Waals surface area contributed by atoms with Crippen molar-refractivity contribution in [2.75, 3.05) is 14.2 Å². The minimum Gasteiger partial charge on any atom is -0.497 e. The van der Waals surface area contributed by atoms with Gasteiger partial charge in [0, 0.05) is 19.4 Å². The molecule has 1 fully saturated rings. The van der Waals surface area contributed by atoms with E-state index in [0.717, 1.165) is 11.3 Å². The Morgan fingerprint density at radius 1 is 1.29 bits per heavy atom. The third-order valence-electron chi connectivity index (χ3n) is 2.75. The highest BCUT2D eigenvalue weighted by Gasteiger charge is 2.54. The minimum absolute atomic E-state index is 0.110. The molecule has 2 rings (SSSR count). The molecular weight excluding hydrogens is 180 g/mol. The van der Waals surface area contributed by atoms with Gasteiger partial charge in [-0.25, -0.2) is 0 Å². The molecule has 0 amide bonds. The Hall–Kier alpha value is -1.06. The van der Waals surface area contributed by atoms with Crippen LogP contribution in [0.2, 0.25) is 0 Å². The second-order valence-corrected chi connectivity index (χ2v) is 3.58. The summed E-state index contributed by atoms with van der Waals surface area (Å²) in [6.45, 7) is 0.